The molecule has 0 aliphatic heterocycles. The maximum Gasteiger partial charge on any atom is 0.303 e. The fourth-order valence-electron chi connectivity index (χ4n) is 4.51. The molecule has 0 radical (unpaired) electrons. The number of aliphatic carboxylic acids is 1. The van der Waals surface area contributed by atoms with Crippen molar-refractivity contribution >= 4 is 35.5 Å². The standard InChI is InChI=1S/C30H55N5O8.CH4/c1-8-13-21(33-30(43)27(19(7)9-2)35-24(37)14-12-15-26(39)40)29(42)34-22(16-18(5)6)23(36)17-25(38)32-20(10-3)28(41)31-11-4;/h18-23,27,36H,8-17H2,1-7H3,(H,31,41)(H,32,38)(H,33,43)(H,34,42)(H,35,37)(H,39,40);1H4/t19-,20-,21-,22-,23-,27-;/m0./s1. The Morgan fingerprint density at radius 1 is 0.727 bits per heavy atom. The van der Waals surface area contributed by atoms with E-state index in [0.29, 0.717) is 38.6 Å². The van der Waals surface area contributed by atoms with Crippen LogP contribution in [0.5, 0.6) is 0 Å². The van der Waals surface area contributed by atoms with Crippen molar-refractivity contribution in [2.75, 3.05) is 6.54 Å². The lowest BCUT2D eigenvalue weighted by molar-refractivity contribution is -0.137. The number of likely N-dealkylation sites (N-methyl/N-ethyl adjacent to an activating group) is 1. The van der Waals surface area contributed by atoms with Crippen LogP contribution in [0.15, 0.2) is 0 Å². The molecule has 0 saturated heterocycles. The predicted octanol–water partition coefficient (Wildman–Crippen LogP) is 2.01. The van der Waals surface area contributed by atoms with Crippen molar-refractivity contribution in [3.63, 3.8) is 0 Å². The van der Waals surface area contributed by atoms with Crippen molar-refractivity contribution in [2.45, 2.75) is 144 Å². The van der Waals surface area contributed by atoms with Gasteiger partial charge in [0.15, 0.2) is 0 Å². The second-order valence-corrected chi connectivity index (χ2v) is 11.5. The number of rotatable bonds is 22. The molecule has 0 aliphatic rings. The van der Waals surface area contributed by atoms with Crippen LogP contribution in [0, 0.1) is 11.8 Å². The smallest absolute Gasteiger partial charge is 0.303 e. The van der Waals surface area contributed by atoms with Crippen LogP contribution in [0.1, 0.15) is 114 Å². The monoisotopic (exact) mass is 629 g/mol. The number of aliphatic hydroxyl groups is 1. The molecule has 0 bridgehead atoms. The molecule has 13 heteroatoms. The van der Waals surface area contributed by atoms with Crippen molar-refractivity contribution in [3.8, 4) is 0 Å². The van der Waals surface area contributed by atoms with Crippen molar-refractivity contribution < 1.29 is 39.0 Å². The molecule has 13 nitrogen and oxygen atoms in total. The summed E-state index contributed by atoms with van der Waals surface area (Å²) in [6.45, 7) is 13.3. The third-order valence-electron chi connectivity index (χ3n) is 7.14. The highest BCUT2D eigenvalue weighted by atomic mass is 16.4. The Bertz CT molecular complexity index is 913. The van der Waals surface area contributed by atoms with Crippen LogP contribution in [0.3, 0.4) is 0 Å². The van der Waals surface area contributed by atoms with Crippen LogP contribution in [0.4, 0.5) is 0 Å². The average Bonchev–Trinajstić information content (AvgIpc) is 2.92. The SMILES string of the molecule is C.CCC[C@H](NC(=O)[C@@H](NC(=O)CCCC(=O)O)[C@@H](C)CC)C(=O)N[C@@H](CC(C)C)[C@@H](O)CC(=O)N[C@@H](CC)C(=O)NCC. The number of nitrogens with one attached hydrogen (secondary N) is 5. The Morgan fingerprint density at radius 2 is 1.36 bits per heavy atom. The van der Waals surface area contributed by atoms with Crippen molar-refractivity contribution in [3.05, 3.63) is 0 Å². The van der Waals surface area contributed by atoms with Crippen LogP contribution >= 0.6 is 0 Å². The quantitative estimate of drug-likeness (QED) is 0.0942. The van der Waals surface area contributed by atoms with E-state index in [1.807, 2.05) is 27.7 Å². The first-order chi connectivity index (χ1) is 20.2. The van der Waals surface area contributed by atoms with E-state index in [1.54, 1.807) is 20.8 Å². The summed E-state index contributed by atoms with van der Waals surface area (Å²) >= 11 is 0. The Balaban J connectivity index is 0. The molecule has 0 rings (SSSR count). The van der Waals surface area contributed by atoms with E-state index in [-0.39, 0.29) is 50.9 Å². The molecule has 44 heavy (non-hydrogen) atoms. The van der Waals surface area contributed by atoms with Gasteiger partial charge in [0.2, 0.25) is 29.5 Å². The lowest BCUT2D eigenvalue weighted by atomic mass is 9.95. The largest absolute Gasteiger partial charge is 0.481 e. The first-order valence-electron chi connectivity index (χ1n) is 15.6. The number of aliphatic hydroxyl groups excluding tert-OH is 1. The molecule has 5 amide bonds. The Morgan fingerprint density at radius 3 is 1.86 bits per heavy atom. The van der Waals surface area contributed by atoms with Crippen LogP contribution in [0.2, 0.25) is 0 Å². The van der Waals surface area contributed by atoms with Crippen LogP contribution in [-0.2, 0) is 28.8 Å². The normalized spacial score (nSPS) is 14.9. The zero-order valence-electron chi connectivity index (χ0n) is 27.0. The van der Waals surface area contributed by atoms with E-state index in [9.17, 15) is 33.9 Å². The third-order valence-corrected chi connectivity index (χ3v) is 7.14. The number of carboxylic acids is 1. The van der Waals surface area contributed by atoms with Gasteiger partial charge in [-0.3, -0.25) is 28.8 Å². The fraction of sp³-hybridized carbons (Fsp3) is 0.806. The minimum atomic E-state index is -1.24. The molecule has 0 aliphatic carbocycles. The number of hydrogen-bond acceptors (Lipinski definition) is 7. The van der Waals surface area contributed by atoms with Crippen LogP contribution in [-0.4, -0.2) is 82.5 Å². The first kappa shape index (κ1) is 42.9. The summed E-state index contributed by atoms with van der Waals surface area (Å²) in [6, 6.07) is -3.41. The molecule has 0 heterocycles. The van der Waals surface area contributed by atoms with Gasteiger partial charge in [-0.25, -0.2) is 0 Å². The van der Waals surface area contributed by atoms with E-state index in [1.165, 1.54) is 0 Å². The summed E-state index contributed by atoms with van der Waals surface area (Å²) in [5, 5.41) is 33.3. The van der Waals surface area contributed by atoms with Gasteiger partial charge in [0.1, 0.15) is 18.1 Å². The summed E-state index contributed by atoms with van der Waals surface area (Å²) in [4.78, 5) is 74.7. The number of carbonyl (C=O) groups is 6. The highest BCUT2D eigenvalue weighted by Crippen LogP contribution is 2.14. The first-order valence-corrected chi connectivity index (χ1v) is 15.6. The van der Waals surface area contributed by atoms with Gasteiger partial charge in [0, 0.05) is 19.4 Å². The van der Waals surface area contributed by atoms with E-state index >= 15 is 0 Å². The number of amides is 5. The average molecular weight is 630 g/mol. The molecule has 6 atom stereocenters. The van der Waals surface area contributed by atoms with Gasteiger partial charge in [0.05, 0.1) is 18.6 Å². The molecular weight excluding hydrogens is 570 g/mol. The maximum atomic E-state index is 13.4. The summed E-state index contributed by atoms with van der Waals surface area (Å²) in [5.74, 6) is -3.55. The topological polar surface area (TPSA) is 203 Å². The molecule has 0 fully saturated rings. The Kier molecular flexibility index (Phi) is 22.6. The lowest BCUT2D eigenvalue weighted by Crippen LogP contribution is -2.57. The highest BCUT2D eigenvalue weighted by molar-refractivity contribution is 5.92. The van der Waals surface area contributed by atoms with Crippen LogP contribution in [0.25, 0.3) is 0 Å². The van der Waals surface area contributed by atoms with Crippen molar-refractivity contribution in [2.24, 2.45) is 11.8 Å². The molecule has 0 aromatic rings. The summed E-state index contributed by atoms with van der Waals surface area (Å²) in [5.41, 5.74) is 0. The molecule has 7 N–H and O–H groups in total. The van der Waals surface area contributed by atoms with E-state index in [4.69, 9.17) is 5.11 Å². The molecule has 0 saturated carbocycles. The van der Waals surface area contributed by atoms with Crippen LogP contribution < -0.4 is 26.6 Å². The summed E-state index contributed by atoms with van der Waals surface area (Å²) < 4.78 is 0. The minimum Gasteiger partial charge on any atom is -0.481 e. The predicted molar refractivity (Wildman–Crippen MR) is 169 cm³/mol. The number of hydrogen-bond donors (Lipinski definition) is 7. The van der Waals surface area contributed by atoms with Gasteiger partial charge in [-0.1, -0.05) is 61.8 Å². The van der Waals surface area contributed by atoms with E-state index < -0.39 is 59.9 Å². The Hall–Kier alpha value is -3.22. The van der Waals surface area contributed by atoms with Crippen molar-refractivity contribution in [1.82, 2.24) is 26.6 Å². The van der Waals surface area contributed by atoms with Crippen molar-refractivity contribution in [1.29, 1.82) is 0 Å². The zero-order chi connectivity index (χ0) is 33.1. The van der Waals surface area contributed by atoms with E-state index in [0.717, 1.165) is 0 Å². The fourth-order valence-corrected chi connectivity index (χ4v) is 4.51. The minimum absolute atomic E-state index is 0. The second kappa shape index (κ2) is 23.2. The molecule has 256 valence electrons. The highest BCUT2D eigenvalue weighted by Gasteiger charge is 2.32. The molecule has 0 aromatic carbocycles. The summed E-state index contributed by atoms with van der Waals surface area (Å²) in [6.07, 6.45) is 0.527. The molecular formula is C31H59N5O8. The van der Waals surface area contributed by atoms with Gasteiger partial charge in [-0.05, 0) is 44.4 Å². The maximum absolute atomic E-state index is 13.4. The zero-order valence-corrected chi connectivity index (χ0v) is 27.0. The molecule has 0 unspecified atom stereocenters. The molecule has 0 aromatic heterocycles. The summed E-state index contributed by atoms with van der Waals surface area (Å²) in [7, 11) is 0. The van der Waals surface area contributed by atoms with Gasteiger partial charge < -0.3 is 36.8 Å². The van der Waals surface area contributed by atoms with Gasteiger partial charge in [-0.15, -0.1) is 0 Å². The Labute approximate surface area is 263 Å². The van der Waals surface area contributed by atoms with Gasteiger partial charge in [0.25, 0.3) is 0 Å². The van der Waals surface area contributed by atoms with Gasteiger partial charge in [-0.2, -0.15) is 0 Å². The lowest BCUT2D eigenvalue weighted by Gasteiger charge is -2.30. The number of carboxylic acid groups (broad SMARTS) is 1. The molecule has 0 spiro atoms. The second-order valence-electron chi connectivity index (χ2n) is 11.5. The third kappa shape index (κ3) is 17.2. The number of carbonyl (C=O) groups excluding carboxylic acids is 5. The van der Waals surface area contributed by atoms with Gasteiger partial charge >= 0.3 is 5.97 Å². The van der Waals surface area contributed by atoms with E-state index in [2.05, 4.69) is 26.6 Å².